The number of hydrogen-bond donors (Lipinski definition) is 0. The van der Waals surface area contributed by atoms with E-state index in [2.05, 4.69) is 9.98 Å². The van der Waals surface area contributed by atoms with Crippen LogP contribution in [0.15, 0.2) is 47.5 Å². The zero-order valence-corrected chi connectivity index (χ0v) is 11.8. The minimum absolute atomic E-state index is 0.473. The molecule has 1 aliphatic heterocycles. The highest BCUT2D eigenvalue weighted by Crippen LogP contribution is 2.29. The van der Waals surface area contributed by atoms with Gasteiger partial charge in [-0.2, -0.15) is 0 Å². The Balaban J connectivity index is 2.08. The lowest BCUT2D eigenvalue weighted by Gasteiger charge is -2.08. The van der Waals surface area contributed by atoms with E-state index in [1.54, 1.807) is 7.11 Å². The van der Waals surface area contributed by atoms with Crippen molar-refractivity contribution in [2.45, 2.75) is 6.54 Å². The molecule has 1 aromatic heterocycles. The predicted octanol–water partition coefficient (Wildman–Crippen LogP) is 3.97. The van der Waals surface area contributed by atoms with Gasteiger partial charge in [-0.05, 0) is 23.3 Å². The number of methoxy groups -OCH3 is 1. The summed E-state index contributed by atoms with van der Waals surface area (Å²) in [4.78, 5) is 8.78. The zero-order chi connectivity index (χ0) is 13.9. The van der Waals surface area contributed by atoms with E-state index in [4.69, 9.17) is 16.3 Å². The van der Waals surface area contributed by atoms with Crippen molar-refractivity contribution in [3.63, 3.8) is 0 Å². The first-order valence-electron chi connectivity index (χ1n) is 6.29. The minimum Gasteiger partial charge on any atom is -0.481 e. The standard InChI is InChI=1S/C16H13ClN2O/c1-20-15-8-7-12-9-13(11-5-3-2-4-6-11)16(17)19-14(12)10-18-15/h2-9H,10H2,1H3. The number of aromatic nitrogens is 1. The van der Waals surface area contributed by atoms with Crippen LogP contribution in [0.3, 0.4) is 0 Å². The lowest BCUT2D eigenvalue weighted by atomic mass is 10.0. The van der Waals surface area contributed by atoms with E-state index in [1.165, 1.54) is 0 Å². The maximum absolute atomic E-state index is 6.30. The molecule has 0 saturated heterocycles. The summed E-state index contributed by atoms with van der Waals surface area (Å²) in [5, 5.41) is 0.499. The van der Waals surface area contributed by atoms with Crippen molar-refractivity contribution in [2.24, 2.45) is 4.99 Å². The third-order valence-electron chi connectivity index (χ3n) is 3.17. The molecule has 2 aromatic rings. The highest BCUT2D eigenvalue weighted by atomic mass is 35.5. The van der Waals surface area contributed by atoms with E-state index in [0.29, 0.717) is 17.6 Å². The van der Waals surface area contributed by atoms with Crippen LogP contribution in [0.5, 0.6) is 0 Å². The molecule has 3 nitrogen and oxygen atoms in total. The van der Waals surface area contributed by atoms with Crippen LogP contribution in [0.2, 0.25) is 5.15 Å². The number of hydrogen-bond acceptors (Lipinski definition) is 3. The van der Waals surface area contributed by atoms with E-state index in [9.17, 15) is 0 Å². The highest BCUT2D eigenvalue weighted by Gasteiger charge is 2.12. The fourth-order valence-electron chi connectivity index (χ4n) is 2.13. The molecule has 1 aromatic carbocycles. The lowest BCUT2D eigenvalue weighted by Crippen LogP contribution is -1.97. The van der Waals surface area contributed by atoms with Crippen LogP contribution in [0.25, 0.3) is 17.2 Å². The summed E-state index contributed by atoms with van der Waals surface area (Å²) in [5.74, 6) is 0.598. The third kappa shape index (κ3) is 2.45. The average molecular weight is 285 g/mol. The maximum Gasteiger partial charge on any atom is 0.208 e. The summed E-state index contributed by atoms with van der Waals surface area (Å²) in [7, 11) is 1.61. The first kappa shape index (κ1) is 12.9. The molecule has 0 aliphatic carbocycles. The molecule has 20 heavy (non-hydrogen) atoms. The molecule has 0 unspecified atom stereocenters. The minimum atomic E-state index is 0.473. The Morgan fingerprint density at radius 3 is 2.70 bits per heavy atom. The van der Waals surface area contributed by atoms with Gasteiger partial charge in [0.05, 0.1) is 19.3 Å². The first-order chi connectivity index (χ1) is 9.78. The van der Waals surface area contributed by atoms with Gasteiger partial charge in [0.25, 0.3) is 0 Å². The summed E-state index contributed by atoms with van der Waals surface area (Å²) >= 11 is 6.30. The second-order valence-electron chi connectivity index (χ2n) is 4.42. The van der Waals surface area contributed by atoms with E-state index in [-0.39, 0.29) is 0 Å². The first-order valence-corrected chi connectivity index (χ1v) is 6.67. The van der Waals surface area contributed by atoms with Crippen LogP contribution in [-0.4, -0.2) is 18.0 Å². The predicted molar refractivity (Wildman–Crippen MR) is 81.9 cm³/mol. The molecule has 0 N–H and O–H groups in total. The van der Waals surface area contributed by atoms with Gasteiger partial charge in [0, 0.05) is 11.6 Å². The van der Waals surface area contributed by atoms with Crippen LogP contribution in [0.4, 0.5) is 0 Å². The van der Waals surface area contributed by atoms with Gasteiger partial charge in [-0.1, -0.05) is 41.9 Å². The van der Waals surface area contributed by atoms with Crippen LogP contribution < -0.4 is 0 Å². The maximum atomic E-state index is 6.30. The van der Waals surface area contributed by atoms with Crippen molar-refractivity contribution in [1.82, 2.24) is 4.98 Å². The lowest BCUT2D eigenvalue weighted by molar-refractivity contribution is 0.404. The molecule has 0 atom stereocenters. The molecule has 0 radical (unpaired) electrons. The number of rotatable bonds is 1. The van der Waals surface area contributed by atoms with Gasteiger partial charge < -0.3 is 4.74 Å². The summed E-state index contributed by atoms with van der Waals surface area (Å²) in [5.41, 5.74) is 3.86. The number of nitrogens with zero attached hydrogens (tertiary/aromatic N) is 2. The second-order valence-corrected chi connectivity index (χ2v) is 4.78. The highest BCUT2D eigenvalue weighted by molar-refractivity contribution is 6.32. The number of aliphatic imine (C=N–C) groups is 1. The van der Waals surface area contributed by atoms with Gasteiger partial charge in [0.15, 0.2) is 0 Å². The monoisotopic (exact) mass is 284 g/mol. The van der Waals surface area contributed by atoms with Crippen LogP contribution in [0, 0.1) is 0 Å². The largest absolute Gasteiger partial charge is 0.481 e. The van der Waals surface area contributed by atoms with Crippen molar-refractivity contribution in [2.75, 3.05) is 7.11 Å². The number of ether oxygens (including phenoxy) is 1. The fraction of sp³-hybridized carbons (Fsp3) is 0.125. The molecular formula is C16H13ClN2O. The molecule has 1 aliphatic rings. The summed E-state index contributed by atoms with van der Waals surface area (Å²) in [6, 6.07) is 12.0. The van der Waals surface area contributed by atoms with Gasteiger partial charge in [-0.15, -0.1) is 0 Å². The van der Waals surface area contributed by atoms with Gasteiger partial charge in [0.1, 0.15) is 5.15 Å². The van der Waals surface area contributed by atoms with Crippen LogP contribution >= 0.6 is 11.6 Å². The van der Waals surface area contributed by atoms with Crippen LogP contribution in [0.1, 0.15) is 11.3 Å². The third-order valence-corrected chi connectivity index (χ3v) is 3.46. The van der Waals surface area contributed by atoms with Crippen molar-refractivity contribution in [3.8, 4) is 11.1 Å². The average Bonchev–Trinajstić information content (AvgIpc) is 2.69. The van der Waals surface area contributed by atoms with E-state index in [1.807, 2.05) is 48.6 Å². The molecular weight excluding hydrogens is 272 g/mol. The molecule has 0 bridgehead atoms. The van der Waals surface area contributed by atoms with Crippen molar-refractivity contribution >= 4 is 23.6 Å². The number of fused-ring (bicyclic) bond motifs is 1. The smallest absolute Gasteiger partial charge is 0.208 e. The fourth-order valence-corrected chi connectivity index (χ4v) is 2.40. The normalized spacial score (nSPS) is 13.4. The zero-order valence-electron chi connectivity index (χ0n) is 11.0. The summed E-state index contributed by atoms with van der Waals surface area (Å²) in [6.45, 7) is 0.473. The van der Waals surface area contributed by atoms with Gasteiger partial charge in [-0.3, -0.25) is 0 Å². The molecule has 0 fully saturated rings. The van der Waals surface area contributed by atoms with E-state index < -0.39 is 0 Å². The number of pyridine rings is 1. The van der Waals surface area contributed by atoms with E-state index >= 15 is 0 Å². The second kappa shape index (κ2) is 5.47. The Morgan fingerprint density at radius 1 is 1.15 bits per heavy atom. The molecule has 4 heteroatoms. The SMILES string of the molecule is COC1=NCc2nc(Cl)c(-c3ccccc3)cc2C=C1. The van der Waals surface area contributed by atoms with Crippen molar-refractivity contribution in [3.05, 3.63) is 58.9 Å². The molecule has 100 valence electrons. The molecule has 0 amide bonds. The van der Waals surface area contributed by atoms with Crippen molar-refractivity contribution in [1.29, 1.82) is 0 Å². The molecule has 0 spiro atoms. The summed E-state index contributed by atoms with van der Waals surface area (Å²) < 4.78 is 5.15. The Morgan fingerprint density at radius 2 is 1.95 bits per heavy atom. The van der Waals surface area contributed by atoms with Gasteiger partial charge in [0.2, 0.25) is 5.90 Å². The van der Waals surface area contributed by atoms with Crippen molar-refractivity contribution < 1.29 is 4.74 Å². The number of halogens is 1. The Labute approximate surface area is 122 Å². The number of benzene rings is 1. The quantitative estimate of drug-likeness (QED) is 0.743. The Bertz CT molecular complexity index is 693. The van der Waals surface area contributed by atoms with E-state index in [0.717, 1.165) is 22.4 Å². The Kier molecular flexibility index (Phi) is 3.52. The molecule has 0 saturated carbocycles. The molecule has 2 heterocycles. The topological polar surface area (TPSA) is 34.5 Å². The van der Waals surface area contributed by atoms with Gasteiger partial charge >= 0.3 is 0 Å². The summed E-state index contributed by atoms with van der Waals surface area (Å²) in [6.07, 6.45) is 3.80. The van der Waals surface area contributed by atoms with Gasteiger partial charge in [-0.25, -0.2) is 9.98 Å². The molecule has 3 rings (SSSR count). The van der Waals surface area contributed by atoms with Crippen LogP contribution in [-0.2, 0) is 11.3 Å². The Hall–Kier alpha value is -2.13.